The van der Waals surface area contributed by atoms with E-state index >= 15 is 0 Å². The number of hydrogen-bond donors (Lipinski definition) is 2. The molecule has 2 rings (SSSR count). The van der Waals surface area contributed by atoms with Gasteiger partial charge in [0.05, 0.1) is 17.9 Å². The quantitative estimate of drug-likeness (QED) is 0.340. The number of guanidine groups is 1. The first-order chi connectivity index (χ1) is 8.61. The summed E-state index contributed by atoms with van der Waals surface area (Å²) in [6, 6.07) is 9.77. The topological polar surface area (TPSA) is 62.9 Å². The smallest absolute Gasteiger partial charge is 0.213 e. The van der Waals surface area contributed by atoms with E-state index in [0.717, 1.165) is 18.8 Å². The summed E-state index contributed by atoms with van der Waals surface area (Å²) in [6.45, 7) is 6.37. The van der Waals surface area contributed by atoms with Gasteiger partial charge >= 0.3 is 0 Å². The molecule has 0 radical (unpaired) electrons. The summed E-state index contributed by atoms with van der Waals surface area (Å²) in [7, 11) is 0. The molecule has 0 amide bonds. The molecule has 5 nitrogen and oxygen atoms in total. The first kappa shape index (κ1) is 12.9. The highest BCUT2D eigenvalue weighted by molar-refractivity contribution is 5.82. The Morgan fingerprint density at radius 2 is 2.11 bits per heavy atom. The lowest BCUT2D eigenvalue weighted by molar-refractivity contribution is -0.0685. The highest BCUT2D eigenvalue weighted by atomic mass is 16.5. The Bertz CT molecular complexity index is 416. The van der Waals surface area contributed by atoms with Crippen LogP contribution in [0.25, 0.3) is 0 Å². The first-order valence-corrected chi connectivity index (χ1v) is 6.10. The molecule has 0 unspecified atom stereocenters. The van der Waals surface area contributed by atoms with Crippen LogP contribution in [0.1, 0.15) is 13.8 Å². The van der Waals surface area contributed by atoms with E-state index in [1.165, 1.54) is 0 Å². The lowest BCUT2D eigenvalue weighted by Gasteiger charge is -2.39. The van der Waals surface area contributed by atoms with E-state index in [-0.39, 0.29) is 5.60 Å². The second-order valence-corrected chi connectivity index (χ2v) is 4.95. The SMILES string of the molecule is CC1(C)CN(C(=Nc2ccccc2)NN)CCO1. The van der Waals surface area contributed by atoms with Gasteiger partial charge in [0.25, 0.3) is 0 Å². The number of nitrogens with zero attached hydrogens (tertiary/aromatic N) is 2. The number of para-hydroxylation sites is 1. The number of hydrazine groups is 1. The van der Waals surface area contributed by atoms with E-state index in [4.69, 9.17) is 10.6 Å². The van der Waals surface area contributed by atoms with Crippen LogP contribution in [-0.2, 0) is 4.74 Å². The second-order valence-electron chi connectivity index (χ2n) is 4.95. The minimum atomic E-state index is -0.174. The Kier molecular flexibility index (Phi) is 3.84. The number of rotatable bonds is 1. The van der Waals surface area contributed by atoms with Gasteiger partial charge < -0.3 is 9.64 Å². The number of nitrogens with one attached hydrogen (secondary N) is 1. The van der Waals surface area contributed by atoms with Gasteiger partial charge in [-0.05, 0) is 26.0 Å². The molecule has 0 saturated carbocycles. The molecule has 18 heavy (non-hydrogen) atoms. The molecule has 5 heteroatoms. The first-order valence-electron chi connectivity index (χ1n) is 6.10. The molecule has 1 aromatic carbocycles. The number of hydrogen-bond acceptors (Lipinski definition) is 3. The van der Waals surface area contributed by atoms with Crippen molar-refractivity contribution in [1.29, 1.82) is 0 Å². The van der Waals surface area contributed by atoms with Gasteiger partial charge in [-0.15, -0.1) is 0 Å². The van der Waals surface area contributed by atoms with Gasteiger partial charge in [0.15, 0.2) is 0 Å². The highest BCUT2D eigenvalue weighted by Gasteiger charge is 2.28. The van der Waals surface area contributed by atoms with Crippen molar-refractivity contribution in [2.45, 2.75) is 19.4 Å². The average Bonchev–Trinajstić information content (AvgIpc) is 2.36. The van der Waals surface area contributed by atoms with Crippen molar-refractivity contribution < 1.29 is 4.74 Å². The molecule has 98 valence electrons. The van der Waals surface area contributed by atoms with Crippen LogP contribution in [0.2, 0.25) is 0 Å². The normalized spacial score (nSPS) is 19.7. The number of nitrogens with two attached hydrogens (primary N) is 1. The third kappa shape index (κ3) is 3.21. The molecule has 1 aromatic rings. The fourth-order valence-electron chi connectivity index (χ4n) is 2.02. The number of morpholine rings is 1. The molecule has 1 saturated heterocycles. The zero-order valence-electron chi connectivity index (χ0n) is 10.9. The van der Waals surface area contributed by atoms with Crippen molar-refractivity contribution in [2.24, 2.45) is 10.8 Å². The fourth-order valence-corrected chi connectivity index (χ4v) is 2.02. The van der Waals surface area contributed by atoms with E-state index < -0.39 is 0 Å². The van der Waals surface area contributed by atoms with Crippen molar-refractivity contribution in [3.63, 3.8) is 0 Å². The molecule has 0 atom stereocenters. The zero-order valence-corrected chi connectivity index (χ0v) is 10.9. The summed E-state index contributed by atoms with van der Waals surface area (Å²) in [5.74, 6) is 6.26. The van der Waals surface area contributed by atoms with E-state index in [1.54, 1.807) is 0 Å². The molecule has 0 bridgehead atoms. The van der Waals surface area contributed by atoms with Crippen LogP contribution in [0.15, 0.2) is 35.3 Å². The summed E-state index contributed by atoms with van der Waals surface area (Å²) in [4.78, 5) is 6.62. The van der Waals surface area contributed by atoms with Crippen molar-refractivity contribution in [1.82, 2.24) is 10.3 Å². The van der Waals surface area contributed by atoms with Crippen LogP contribution in [0.3, 0.4) is 0 Å². The Morgan fingerprint density at radius 3 is 2.72 bits per heavy atom. The summed E-state index contributed by atoms with van der Waals surface area (Å²) in [5, 5.41) is 0. The van der Waals surface area contributed by atoms with Gasteiger partial charge in [-0.3, -0.25) is 5.43 Å². The van der Waals surface area contributed by atoms with Crippen LogP contribution in [0, 0.1) is 0 Å². The number of benzene rings is 1. The second kappa shape index (κ2) is 5.37. The minimum absolute atomic E-state index is 0.174. The van der Waals surface area contributed by atoms with Crippen LogP contribution < -0.4 is 11.3 Å². The Labute approximate surface area is 108 Å². The predicted molar refractivity (Wildman–Crippen MR) is 72.5 cm³/mol. The summed E-state index contributed by atoms with van der Waals surface area (Å²) in [6.07, 6.45) is 0. The number of ether oxygens (including phenoxy) is 1. The van der Waals surface area contributed by atoms with Crippen molar-refractivity contribution in [3.05, 3.63) is 30.3 Å². The molecule has 0 aromatic heterocycles. The largest absolute Gasteiger partial charge is 0.372 e. The lowest BCUT2D eigenvalue weighted by atomic mass is 10.1. The van der Waals surface area contributed by atoms with Crippen LogP contribution in [0.4, 0.5) is 5.69 Å². The van der Waals surface area contributed by atoms with Crippen LogP contribution in [0.5, 0.6) is 0 Å². The van der Waals surface area contributed by atoms with E-state index in [1.807, 2.05) is 30.3 Å². The Balaban J connectivity index is 2.16. The summed E-state index contributed by atoms with van der Waals surface area (Å²) < 4.78 is 5.68. The minimum Gasteiger partial charge on any atom is -0.372 e. The molecule has 1 aliphatic heterocycles. The monoisotopic (exact) mass is 248 g/mol. The summed E-state index contributed by atoms with van der Waals surface area (Å²) >= 11 is 0. The van der Waals surface area contributed by atoms with Gasteiger partial charge in [-0.2, -0.15) is 0 Å². The van der Waals surface area contributed by atoms with Crippen LogP contribution in [-0.4, -0.2) is 36.2 Å². The number of aliphatic imine (C=N–C) groups is 1. The third-order valence-corrected chi connectivity index (χ3v) is 2.85. The van der Waals surface area contributed by atoms with Crippen LogP contribution >= 0.6 is 0 Å². The molecule has 3 N–H and O–H groups in total. The maximum absolute atomic E-state index is 5.68. The van der Waals surface area contributed by atoms with E-state index in [0.29, 0.717) is 12.6 Å². The molecular formula is C13H20N4O. The lowest BCUT2D eigenvalue weighted by Crippen LogP contribution is -2.55. The van der Waals surface area contributed by atoms with Gasteiger partial charge in [0, 0.05) is 13.1 Å². The summed E-state index contributed by atoms with van der Waals surface area (Å²) in [5.41, 5.74) is 3.39. The fraction of sp³-hybridized carbons (Fsp3) is 0.462. The van der Waals surface area contributed by atoms with Gasteiger partial charge in [0.1, 0.15) is 0 Å². The van der Waals surface area contributed by atoms with E-state index in [9.17, 15) is 0 Å². The molecule has 1 aliphatic rings. The van der Waals surface area contributed by atoms with Crippen molar-refractivity contribution in [3.8, 4) is 0 Å². The molecule has 0 spiro atoms. The maximum Gasteiger partial charge on any atom is 0.213 e. The predicted octanol–water partition coefficient (Wildman–Crippen LogP) is 1.25. The van der Waals surface area contributed by atoms with Gasteiger partial charge in [0.2, 0.25) is 5.96 Å². The molecule has 1 fully saturated rings. The standard InChI is InChI=1S/C13H20N4O/c1-13(2)10-17(8-9-18-13)12(16-14)15-11-6-4-3-5-7-11/h3-7H,8-10,14H2,1-2H3,(H,15,16). The molecule has 1 heterocycles. The zero-order chi connectivity index (χ0) is 13.0. The molecular weight excluding hydrogens is 228 g/mol. The third-order valence-electron chi connectivity index (χ3n) is 2.85. The Hall–Kier alpha value is -1.59. The average molecular weight is 248 g/mol. The van der Waals surface area contributed by atoms with E-state index in [2.05, 4.69) is 29.2 Å². The van der Waals surface area contributed by atoms with Gasteiger partial charge in [-0.25, -0.2) is 10.8 Å². The van der Waals surface area contributed by atoms with Crippen molar-refractivity contribution >= 4 is 11.6 Å². The van der Waals surface area contributed by atoms with Gasteiger partial charge in [-0.1, -0.05) is 18.2 Å². The Morgan fingerprint density at radius 1 is 1.39 bits per heavy atom. The van der Waals surface area contributed by atoms with Crippen molar-refractivity contribution in [2.75, 3.05) is 19.7 Å². The highest BCUT2D eigenvalue weighted by Crippen LogP contribution is 2.18. The maximum atomic E-state index is 5.68. The molecule has 0 aliphatic carbocycles.